The van der Waals surface area contributed by atoms with Crippen LogP contribution in [-0.4, -0.2) is 29.0 Å². The number of hydrogen-bond donors (Lipinski definition) is 1. The van der Waals surface area contributed by atoms with E-state index in [1.165, 1.54) is 58.0 Å². The molecule has 0 bridgehead atoms. The van der Waals surface area contributed by atoms with E-state index in [2.05, 4.69) is 18.7 Å². The highest BCUT2D eigenvalue weighted by molar-refractivity contribution is 7.80. The first-order valence-electron chi connectivity index (χ1n) is 8.05. The molecule has 3 heteroatoms. The fraction of sp³-hybridized carbons (Fsp3) is 0.938. The lowest BCUT2D eigenvalue weighted by atomic mass is 9.87. The summed E-state index contributed by atoms with van der Waals surface area (Å²) in [5.74, 6) is 0.992. The van der Waals surface area contributed by atoms with Crippen molar-refractivity contribution in [1.82, 2.24) is 4.90 Å². The molecule has 0 spiro atoms. The van der Waals surface area contributed by atoms with Gasteiger partial charge in [-0.05, 0) is 57.5 Å². The third-order valence-corrected chi connectivity index (χ3v) is 5.82. The lowest BCUT2D eigenvalue weighted by molar-refractivity contribution is 0.183. The fourth-order valence-electron chi connectivity index (χ4n) is 3.85. The second kappa shape index (κ2) is 6.53. The molecule has 1 saturated heterocycles. The van der Waals surface area contributed by atoms with Crippen molar-refractivity contribution in [2.45, 2.75) is 71.3 Å². The minimum atomic E-state index is 0.0257. The summed E-state index contributed by atoms with van der Waals surface area (Å²) >= 11 is 5.15. The lowest BCUT2D eigenvalue weighted by Crippen LogP contribution is -2.36. The Labute approximate surface area is 124 Å². The molecule has 2 nitrogen and oxygen atoms in total. The molecular formula is C16H30N2S. The first-order chi connectivity index (χ1) is 9.00. The van der Waals surface area contributed by atoms with Crippen LogP contribution in [0.3, 0.4) is 0 Å². The third-order valence-electron chi connectivity index (χ3n) is 5.27. The fourth-order valence-corrected chi connectivity index (χ4v) is 3.95. The van der Waals surface area contributed by atoms with Crippen molar-refractivity contribution in [3.63, 3.8) is 0 Å². The zero-order valence-corrected chi connectivity index (χ0v) is 13.5. The maximum atomic E-state index is 5.81. The number of thiocarbonyl (C=S) groups is 1. The number of nitrogens with two attached hydrogens (primary N) is 1. The summed E-state index contributed by atoms with van der Waals surface area (Å²) in [4.78, 5) is 3.42. The summed E-state index contributed by atoms with van der Waals surface area (Å²) in [5.41, 5.74) is 5.83. The Balaban J connectivity index is 1.77. The van der Waals surface area contributed by atoms with Gasteiger partial charge >= 0.3 is 0 Å². The normalized spacial score (nSPS) is 26.1. The summed E-state index contributed by atoms with van der Waals surface area (Å²) in [7, 11) is 0. The number of hydrogen-bond acceptors (Lipinski definition) is 2. The van der Waals surface area contributed by atoms with E-state index in [-0.39, 0.29) is 5.41 Å². The van der Waals surface area contributed by atoms with Crippen molar-refractivity contribution < 1.29 is 0 Å². The van der Waals surface area contributed by atoms with Crippen LogP contribution in [0.15, 0.2) is 0 Å². The molecule has 2 fully saturated rings. The van der Waals surface area contributed by atoms with Crippen LogP contribution in [0.25, 0.3) is 0 Å². The van der Waals surface area contributed by atoms with Crippen LogP contribution in [0.4, 0.5) is 0 Å². The van der Waals surface area contributed by atoms with Crippen molar-refractivity contribution >= 4 is 17.2 Å². The van der Waals surface area contributed by atoms with Crippen molar-refractivity contribution in [2.75, 3.05) is 13.1 Å². The molecule has 1 unspecified atom stereocenters. The average Bonchev–Trinajstić information content (AvgIpc) is 2.97. The third kappa shape index (κ3) is 3.91. The molecule has 19 heavy (non-hydrogen) atoms. The summed E-state index contributed by atoms with van der Waals surface area (Å²) in [6.07, 6.45) is 11.1. The van der Waals surface area contributed by atoms with Crippen LogP contribution >= 0.6 is 12.2 Å². The first-order valence-corrected chi connectivity index (χ1v) is 8.45. The largest absolute Gasteiger partial charge is 0.393 e. The molecular weight excluding hydrogens is 252 g/mol. The van der Waals surface area contributed by atoms with E-state index >= 15 is 0 Å². The van der Waals surface area contributed by atoms with Gasteiger partial charge < -0.3 is 10.6 Å². The van der Waals surface area contributed by atoms with Gasteiger partial charge in [-0.1, -0.05) is 38.9 Å². The van der Waals surface area contributed by atoms with Crippen molar-refractivity contribution in [3.05, 3.63) is 0 Å². The smallest absolute Gasteiger partial charge is 0.0784 e. The second-order valence-electron chi connectivity index (χ2n) is 7.14. The van der Waals surface area contributed by atoms with Crippen LogP contribution in [0.5, 0.6) is 0 Å². The van der Waals surface area contributed by atoms with Crippen LogP contribution in [0.1, 0.15) is 65.2 Å². The zero-order valence-electron chi connectivity index (χ0n) is 12.7. The molecule has 0 aromatic carbocycles. The zero-order chi connectivity index (χ0) is 13.9. The van der Waals surface area contributed by atoms with Gasteiger partial charge in [0.1, 0.15) is 0 Å². The van der Waals surface area contributed by atoms with Crippen LogP contribution < -0.4 is 5.73 Å². The van der Waals surface area contributed by atoms with Gasteiger partial charge in [-0.3, -0.25) is 0 Å². The van der Waals surface area contributed by atoms with E-state index in [1.807, 2.05) is 0 Å². The van der Waals surface area contributed by atoms with E-state index in [0.717, 1.165) is 18.4 Å². The number of nitrogens with zero attached hydrogens (tertiary/aromatic N) is 1. The number of likely N-dealkylation sites (tertiary alicyclic amines) is 1. The molecule has 1 aliphatic heterocycles. The Hall–Kier alpha value is -0.150. The molecule has 2 aliphatic rings. The Morgan fingerprint density at radius 2 is 1.89 bits per heavy atom. The Morgan fingerprint density at radius 1 is 1.21 bits per heavy atom. The molecule has 1 atom stereocenters. The minimum absolute atomic E-state index is 0.0257. The topological polar surface area (TPSA) is 29.3 Å². The van der Waals surface area contributed by atoms with E-state index in [0.29, 0.717) is 4.99 Å². The van der Waals surface area contributed by atoms with E-state index in [1.54, 1.807) is 0 Å². The SMILES string of the molecule is CC(C)(CCCN1CCCC1C1CCCC1)C(N)=S. The summed E-state index contributed by atoms with van der Waals surface area (Å²) in [5, 5.41) is 0. The molecule has 0 aromatic heterocycles. The Morgan fingerprint density at radius 3 is 2.53 bits per heavy atom. The van der Waals surface area contributed by atoms with Gasteiger partial charge in [-0.15, -0.1) is 0 Å². The van der Waals surface area contributed by atoms with Gasteiger partial charge in [-0.2, -0.15) is 0 Å². The highest BCUT2D eigenvalue weighted by Crippen LogP contribution is 2.35. The van der Waals surface area contributed by atoms with Crippen LogP contribution in [0, 0.1) is 11.3 Å². The summed E-state index contributed by atoms with van der Waals surface area (Å²) in [6.45, 7) is 6.91. The predicted molar refractivity (Wildman–Crippen MR) is 86.4 cm³/mol. The van der Waals surface area contributed by atoms with Gasteiger partial charge in [0.05, 0.1) is 4.99 Å². The van der Waals surface area contributed by atoms with Gasteiger partial charge in [0.2, 0.25) is 0 Å². The number of rotatable bonds is 6. The molecule has 1 saturated carbocycles. The van der Waals surface area contributed by atoms with Gasteiger partial charge in [0.25, 0.3) is 0 Å². The van der Waals surface area contributed by atoms with Gasteiger partial charge in [0.15, 0.2) is 0 Å². The molecule has 110 valence electrons. The maximum absolute atomic E-state index is 5.81. The van der Waals surface area contributed by atoms with E-state index < -0.39 is 0 Å². The lowest BCUT2D eigenvalue weighted by Gasteiger charge is -2.31. The molecule has 2 N–H and O–H groups in total. The molecule has 0 radical (unpaired) electrons. The van der Waals surface area contributed by atoms with Crippen molar-refractivity contribution in [2.24, 2.45) is 17.1 Å². The molecule has 1 heterocycles. The van der Waals surface area contributed by atoms with Crippen LogP contribution in [0.2, 0.25) is 0 Å². The van der Waals surface area contributed by atoms with Gasteiger partial charge in [-0.25, -0.2) is 0 Å². The second-order valence-corrected chi connectivity index (χ2v) is 7.58. The van der Waals surface area contributed by atoms with Crippen LogP contribution in [-0.2, 0) is 0 Å². The Bertz CT molecular complexity index is 308. The molecule has 1 aliphatic carbocycles. The van der Waals surface area contributed by atoms with Crippen molar-refractivity contribution in [3.8, 4) is 0 Å². The molecule has 2 rings (SSSR count). The maximum Gasteiger partial charge on any atom is 0.0784 e. The first kappa shape index (κ1) is 15.2. The van der Waals surface area contributed by atoms with E-state index in [9.17, 15) is 0 Å². The Kier molecular flexibility index (Phi) is 5.24. The van der Waals surface area contributed by atoms with Crippen molar-refractivity contribution in [1.29, 1.82) is 0 Å². The summed E-state index contributed by atoms with van der Waals surface area (Å²) in [6, 6.07) is 0.885. The van der Waals surface area contributed by atoms with E-state index in [4.69, 9.17) is 18.0 Å². The average molecular weight is 282 g/mol. The highest BCUT2D eigenvalue weighted by atomic mass is 32.1. The quantitative estimate of drug-likeness (QED) is 0.753. The summed E-state index contributed by atoms with van der Waals surface area (Å²) < 4.78 is 0. The monoisotopic (exact) mass is 282 g/mol. The highest BCUT2D eigenvalue weighted by Gasteiger charge is 2.33. The predicted octanol–water partition coefficient (Wildman–Crippen LogP) is 3.73. The minimum Gasteiger partial charge on any atom is -0.393 e. The standard InChI is InChI=1S/C16H30N2S/c1-16(2,15(17)19)10-6-12-18-11-5-9-14(18)13-7-3-4-8-13/h13-14H,3-12H2,1-2H3,(H2,17,19). The molecule has 0 aromatic rings. The van der Waals surface area contributed by atoms with Gasteiger partial charge in [0, 0.05) is 11.5 Å². The molecule has 0 amide bonds.